The molecule has 0 saturated carbocycles. The van der Waals surface area contributed by atoms with E-state index in [0.29, 0.717) is 6.54 Å². The van der Waals surface area contributed by atoms with Crippen LogP contribution in [-0.2, 0) is 16.0 Å². The van der Waals surface area contributed by atoms with Gasteiger partial charge in [-0.2, -0.15) is 0 Å². The minimum atomic E-state index is -0.859. The zero-order chi connectivity index (χ0) is 16.2. The SMILES string of the molecule is O=C(O)CC1CCCN1C(=O)Cc1csc(-c2cccnc2)n1. The molecule has 1 aliphatic heterocycles. The standard InChI is InChI=1S/C16H17N3O3S/c20-14(19-6-2-4-13(19)8-15(21)22)7-12-10-23-16(18-12)11-3-1-5-17-9-11/h1,3,5,9-10,13H,2,4,6-8H2,(H,21,22). The summed E-state index contributed by atoms with van der Waals surface area (Å²) in [6.07, 6.45) is 5.31. The normalized spacial score (nSPS) is 17.4. The van der Waals surface area contributed by atoms with Crippen molar-refractivity contribution in [1.82, 2.24) is 14.9 Å². The predicted molar refractivity (Wildman–Crippen MR) is 86.0 cm³/mol. The third-order valence-corrected chi connectivity index (χ3v) is 4.84. The summed E-state index contributed by atoms with van der Waals surface area (Å²) in [5, 5.41) is 11.7. The molecule has 0 aliphatic carbocycles. The van der Waals surface area contributed by atoms with Crippen molar-refractivity contribution >= 4 is 23.2 Å². The number of likely N-dealkylation sites (tertiary alicyclic amines) is 1. The molecule has 120 valence electrons. The summed E-state index contributed by atoms with van der Waals surface area (Å²) in [6, 6.07) is 3.60. The van der Waals surface area contributed by atoms with Crippen LogP contribution in [0.3, 0.4) is 0 Å². The van der Waals surface area contributed by atoms with Gasteiger partial charge in [0, 0.05) is 35.9 Å². The Morgan fingerprint density at radius 1 is 1.43 bits per heavy atom. The highest BCUT2D eigenvalue weighted by molar-refractivity contribution is 7.13. The molecule has 0 spiro atoms. The molecular formula is C16H17N3O3S. The fourth-order valence-electron chi connectivity index (χ4n) is 2.84. The van der Waals surface area contributed by atoms with Crippen LogP contribution in [0.1, 0.15) is 25.0 Å². The Kier molecular flexibility index (Phi) is 4.66. The monoisotopic (exact) mass is 331 g/mol. The number of hydrogen-bond acceptors (Lipinski definition) is 5. The second kappa shape index (κ2) is 6.87. The Labute approximate surface area is 137 Å². The maximum absolute atomic E-state index is 12.4. The summed E-state index contributed by atoms with van der Waals surface area (Å²) < 4.78 is 0. The zero-order valence-corrected chi connectivity index (χ0v) is 13.3. The smallest absolute Gasteiger partial charge is 0.305 e. The lowest BCUT2D eigenvalue weighted by atomic mass is 10.1. The number of nitrogens with zero attached hydrogens (tertiary/aromatic N) is 3. The fourth-order valence-corrected chi connectivity index (χ4v) is 3.65. The van der Waals surface area contributed by atoms with Crippen molar-refractivity contribution in [2.45, 2.75) is 31.7 Å². The molecule has 0 bridgehead atoms. The minimum absolute atomic E-state index is 0.0176. The third-order valence-electron chi connectivity index (χ3n) is 3.90. The number of pyridine rings is 1. The molecule has 1 N–H and O–H groups in total. The molecule has 6 nitrogen and oxygen atoms in total. The van der Waals surface area contributed by atoms with Crippen molar-refractivity contribution in [2.75, 3.05) is 6.54 Å². The van der Waals surface area contributed by atoms with Gasteiger partial charge in [0.25, 0.3) is 0 Å². The first kappa shape index (κ1) is 15.6. The summed E-state index contributed by atoms with van der Waals surface area (Å²) in [6.45, 7) is 0.635. The van der Waals surface area contributed by atoms with Crippen LogP contribution < -0.4 is 0 Å². The van der Waals surface area contributed by atoms with E-state index in [9.17, 15) is 9.59 Å². The average molecular weight is 331 g/mol. The number of thiazole rings is 1. The van der Waals surface area contributed by atoms with E-state index >= 15 is 0 Å². The molecule has 2 aromatic heterocycles. The summed E-state index contributed by atoms with van der Waals surface area (Å²) in [7, 11) is 0. The predicted octanol–water partition coefficient (Wildman–Crippen LogP) is 2.21. The molecule has 2 aromatic rings. The van der Waals surface area contributed by atoms with Crippen LogP contribution in [0.4, 0.5) is 0 Å². The lowest BCUT2D eigenvalue weighted by molar-refractivity contribution is -0.139. The average Bonchev–Trinajstić information content (AvgIpc) is 3.17. The number of rotatable bonds is 5. The first-order valence-corrected chi connectivity index (χ1v) is 8.37. The van der Waals surface area contributed by atoms with Crippen molar-refractivity contribution in [1.29, 1.82) is 0 Å². The van der Waals surface area contributed by atoms with Gasteiger partial charge in [-0.1, -0.05) is 0 Å². The van der Waals surface area contributed by atoms with Crippen molar-refractivity contribution in [2.24, 2.45) is 0 Å². The van der Waals surface area contributed by atoms with Gasteiger partial charge in [-0.3, -0.25) is 14.6 Å². The van der Waals surface area contributed by atoms with Gasteiger partial charge < -0.3 is 10.0 Å². The molecular weight excluding hydrogens is 314 g/mol. The van der Waals surface area contributed by atoms with E-state index < -0.39 is 5.97 Å². The molecule has 3 heterocycles. The van der Waals surface area contributed by atoms with E-state index in [-0.39, 0.29) is 24.8 Å². The molecule has 23 heavy (non-hydrogen) atoms. The fraction of sp³-hybridized carbons (Fsp3) is 0.375. The quantitative estimate of drug-likeness (QED) is 0.908. The minimum Gasteiger partial charge on any atom is -0.481 e. The number of hydrogen-bond donors (Lipinski definition) is 1. The largest absolute Gasteiger partial charge is 0.481 e. The first-order chi connectivity index (χ1) is 11.1. The van der Waals surface area contributed by atoms with E-state index in [1.54, 1.807) is 17.3 Å². The molecule has 1 atom stereocenters. The Morgan fingerprint density at radius 3 is 3.04 bits per heavy atom. The van der Waals surface area contributed by atoms with Gasteiger partial charge in [0.15, 0.2) is 0 Å². The van der Waals surface area contributed by atoms with Gasteiger partial charge in [0.05, 0.1) is 18.5 Å². The maximum Gasteiger partial charge on any atom is 0.305 e. The zero-order valence-electron chi connectivity index (χ0n) is 12.5. The van der Waals surface area contributed by atoms with Crippen molar-refractivity contribution in [3.05, 3.63) is 35.6 Å². The second-order valence-corrected chi connectivity index (χ2v) is 6.40. The third kappa shape index (κ3) is 3.73. The van der Waals surface area contributed by atoms with Crippen LogP contribution in [-0.4, -0.2) is 44.4 Å². The van der Waals surface area contributed by atoms with E-state index in [1.165, 1.54) is 11.3 Å². The Bertz CT molecular complexity index is 702. The highest BCUT2D eigenvalue weighted by Gasteiger charge is 2.30. The Balaban J connectivity index is 1.66. The summed E-state index contributed by atoms with van der Waals surface area (Å²) >= 11 is 1.48. The number of carboxylic acid groups (broad SMARTS) is 1. The highest BCUT2D eigenvalue weighted by atomic mass is 32.1. The van der Waals surface area contributed by atoms with E-state index in [1.807, 2.05) is 17.5 Å². The Morgan fingerprint density at radius 2 is 2.30 bits per heavy atom. The molecule has 7 heteroatoms. The van der Waals surface area contributed by atoms with Gasteiger partial charge in [-0.25, -0.2) is 4.98 Å². The second-order valence-electron chi connectivity index (χ2n) is 5.54. The van der Waals surface area contributed by atoms with Crippen LogP contribution in [0.5, 0.6) is 0 Å². The van der Waals surface area contributed by atoms with E-state index in [4.69, 9.17) is 5.11 Å². The highest BCUT2D eigenvalue weighted by Crippen LogP contribution is 2.25. The van der Waals surface area contributed by atoms with Crippen molar-refractivity contribution < 1.29 is 14.7 Å². The molecule has 1 amide bonds. The number of amides is 1. The van der Waals surface area contributed by atoms with Crippen LogP contribution in [0, 0.1) is 0 Å². The van der Waals surface area contributed by atoms with Gasteiger partial charge in [-0.15, -0.1) is 11.3 Å². The van der Waals surface area contributed by atoms with Crippen molar-refractivity contribution in [3.8, 4) is 10.6 Å². The lowest BCUT2D eigenvalue weighted by Gasteiger charge is -2.23. The number of aliphatic carboxylic acids is 1. The summed E-state index contributed by atoms with van der Waals surface area (Å²) in [5.41, 5.74) is 1.65. The van der Waals surface area contributed by atoms with Gasteiger partial charge >= 0.3 is 5.97 Å². The van der Waals surface area contributed by atoms with Crippen LogP contribution in [0.25, 0.3) is 10.6 Å². The molecule has 0 radical (unpaired) electrons. The number of carbonyl (C=O) groups is 2. The maximum atomic E-state index is 12.4. The molecule has 1 fully saturated rings. The van der Waals surface area contributed by atoms with E-state index in [2.05, 4.69) is 9.97 Å². The number of aromatic nitrogens is 2. The molecule has 3 rings (SSSR count). The van der Waals surface area contributed by atoms with Crippen LogP contribution in [0.15, 0.2) is 29.9 Å². The molecule has 0 aromatic carbocycles. The first-order valence-electron chi connectivity index (χ1n) is 7.49. The molecule has 1 unspecified atom stereocenters. The Hall–Kier alpha value is -2.28. The van der Waals surface area contributed by atoms with Crippen LogP contribution in [0.2, 0.25) is 0 Å². The summed E-state index contributed by atoms with van der Waals surface area (Å²) in [5.74, 6) is -0.904. The summed E-state index contributed by atoms with van der Waals surface area (Å²) in [4.78, 5) is 33.6. The van der Waals surface area contributed by atoms with Gasteiger partial charge in [-0.05, 0) is 25.0 Å². The molecule has 1 saturated heterocycles. The van der Waals surface area contributed by atoms with Gasteiger partial charge in [0.2, 0.25) is 5.91 Å². The number of carboxylic acids is 1. The topological polar surface area (TPSA) is 83.4 Å². The van der Waals surface area contributed by atoms with Gasteiger partial charge in [0.1, 0.15) is 5.01 Å². The van der Waals surface area contributed by atoms with Crippen LogP contribution >= 0.6 is 11.3 Å². The lowest BCUT2D eigenvalue weighted by Crippen LogP contribution is -2.37. The van der Waals surface area contributed by atoms with Crippen molar-refractivity contribution in [3.63, 3.8) is 0 Å². The number of carbonyl (C=O) groups excluding carboxylic acids is 1. The van der Waals surface area contributed by atoms with E-state index in [0.717, 1.165) is 29.1 Å². The molecule has 1 aliphatic rings.